The van der Waals surface area contributed by atoms with Crippen LogP contribution in [0.4, 0.5) is 5.69 Å². The molecular weight excluding hydrogens is 220 g/mol. The summed E-state index contributed by atoms with van der Waals surface area (Å²) >= 11 is 0. The fourth-order valence-corrected chi connectivity index (χ4v) is 2.52. The molecule has 1 unspecified atom stereocenters. The normalized spacial score (nSPS) is 16.6. The van der Waals surface area contributed by atoms with E-state index in [1.165, 1.54) is 37.1 Å². The van der Waals surface area contributed by atoms with E-state index in [0.717, 1.165) is 18.9 Å². The lowest BCUT2D eigenvalue weighted by molar-refractivity contribution is 0.642. The zero-order valence-electron chi connectivity index (χ0n) is 11.7. The highest BCUT2D eigenvalue weighted by Crippen LogP contribution is 2.34. The molecule has 1 fully saturated rings. The van der Waals surface area contributed by atoms with Gasteiger partial charge in [0.25, 0.3) is 0 Å². The fraction of sp³-hybridized carbons (Fsp3) is 0.625. The maximum absolute atomic E-state index is 6.12. The van der Waals surface area contributed by atoms with Gasteiger partial charge in [-0.1, -0.05) is 32.0 Å². The third-order valence-corrected chi connectivity index (χ3v) is 3.76. The molecule has 0 radical (unpaired) electrons. The van der Waals surface area contributed by atoms with E-state index in [1.54, 1.807) is 0 Å². The van der Waals surface area contributed by atoms with Crippen LogP contribution in [-0.2, 0) is 6.42 Å². The predicted octanol–water partition coefficient (Wildman–Crippen LogP) is 3.35. The molecule has 1 aromatic rings. The van der Waals surface area contributed by atoms with E-state index in [2.05, 4.69) is 43.0 Å². The Kier molecular flexibility index (Phi) is 4.65. The Balaban J connectivity index is 2.18. The van der Waals surface area contributed by atoms with Crippen molar-refractivity contribution in [2.75, 3.05) is 11.4 Å². The number of nitrogens with zero attached hydrogens (tertiary/aromatic N) is 1. The molecule has 2 heteroatoms. The van der Waals surface area contributed by atoms with Gasteiger partial charge < -0.3 is 10.6 Å². The molecule has 2 N–H and O–H groups in total. The molecule has 1 aliphatic rings. The molecule has 0 aliphatic heterocycles. The zero-order chi connectivity index (χ0) is 13.0. The van der Waals surface area contributed by atoms with E-state index in [0.29, 0.717) is 0 Å². The minimum absolute atomic E-state index is 0.286. The Hall–Kier alpha value is -1.02. The van der Waals surface area contributed by atoms with E-state index in [1.807, 2.05) is 0 Å². The standard InChI is InChI=1S/C16H26N2/c1-3-11-18(15-9-10-15)16-8-6-5-7-13(16)12-14(17)4-2/h5-8,14-15H,3-4,9-12,17H2,1-2H3. The van der Waals surface area contributed by atoms with Gasteiger partial charge >= 0.3 is 0 Å². The molecule has 0 bridgehead atoms. The predicted molar refractivity (Wildman–Crippen MR) is 79.1 cm³/mol. The van der Waals surface area contributed by atoms with Crippen LogP contribution in [0, 0.1) is 0 Å². The Labute approximate surface area is 111 Å². The number of anilines is 1. The molecule has 1 saturated carbocycles. The van der Waals surface area contributed by atoms with Gasteiger partial charge in [0, 0.05) is 24.3 Å². The van der Waals surface area contributed by atoms with Gasteiger partial charge in [0.15, 0.2) is 0 Å². The van der Waals surface area contributed by atoms with Gasteiger partial charge in [-0.05, 0) is 43.7 Å². The third-order valence-electron chi connectivity index (χ3n) is 3.76. The second kappa shape index (κ2) is 6.24. The largest absolute Gasteiger partial charge is 0.368 e. The molecule has 100 valence electrons. The Morgan fingerprint density at radius 1 is 1.28 bits per heavy atom. The van der Waals surface area contributed by atoms with Crippen molar-refractivity contribution in [1.29, 1.82) is 0 Å². The maximum Gasteiger partial charge on any atom is 0.0401 e. The molecule has 0 amide bonds. The summed E-state index contributed by atoms with van der Waals surface area (Å²) in [5.74, 6) is 0. The molecule has 1 atom stereocenters. The lowest BCUT2D eigenvalue weighted by Gasteiger charge is -2.27. The monoisotopic (exact) mass is 246 g/mol. The van der Waals surface area contributed by atoms with Gasteiger partial charge in [0.05, 0.1) is 0 Å². The fourth-order valence-electron chi connectivity index (χ4n) is 2.52. The molecule has 0 aromatic heterocycles. The molecule has 1 aliphatic carbocycles. The van der Waals surface area contributed by atoms with E-state index in [4.69, 9.17) is 5.73 Å². The van der Waals surface area contributed by atoms with Crippen LogP contribution in [0.15, 0.2) is 24.3 Å². The molecule has 18 heavy (non-hydrogen) atoms. The molecular formula is C16H26N2. The Morgan fingerprint density at radius 3 is 2.61 bits per heavy atom. The number of hydrogen-bond acceptors (Lipinski definition) is 2. The number of benzene rings is 1. The first-order chi connectivity index (χ1) is 8.76. The highest BCUT2D eigenvalue weighted by atomic mass is 15.2. The second-order valence-electron chi connectivity index (χ2n) is 5.43. The van der Waals surface area contributed by atoms with Crippen LogP contribution in [0.1, 0.15) is 45.1 Å². The lowest BCUT2D eigenvalue weighted by Crippen LogP contribution is -2.29. The lowest BCUT2D eigenvalue weighted by atomic mass is 10.0. The van der Waals surface area contributed by atoms with E-state index < -0.39 is 0 Å². The van der Waals surface area contributed by atoms with Gasteiger partial charge in [-0.2, -0.15) is 0 Å². The summed E-state index contributed by atoms with van der Waals surface area (Å²) < 4.78 is 0. The van der Waals surface area contributed by atoms with Gasteiger partial charge in [0.2, 0.25) is 0 Å². The van der Waals surface area contributed by atoms with Crippen LogP contribution in [0.25, 0.3) is 0 Å². The Bertz CT molecular complexity index is 371. The Morgan fingerprint density at radius 2 is 2.00 bits per heavy atom. The summed E-state index contributed by atoms with van der Waals surface area (Å²) in [6.07, 6.45) is 5.97. The second-order valence-corrected chi connectivity index (χ2v) is 5.43. The minimum atomic E-state index is 0.286. The van der Waals surface area contributed by atoms with Crippen LogP contribution in [0.3, 0.4) is 0 Å². The van der Waals surface area contributed by atoms with E-state index in [-0.39, 0.29) is 6.04 Å². The van der Waals surface area contributed by atoms with Gasteiger partial charge in [0.1, 0.15) is 0 Å². The van der Waals surface area contributed by atoms with Gasteiger partial charge in [-0.15, -0.1) is 0 Å². The summed E-state index contributed by atoms with van der Waals surface area (Å²) in [5.41, 5.74) is 8.97. The van der Waals surface area contributed by atoms with Gasteiger partial charge in [-0.3, -0.25) is 0 Å². The summed E-state index contributed by atoms with van der Waals surface area (Å²) in [6.45, 7) is 5.59. The smallest absolute Gasteiger partial charge is 0.0401 e. The highest BCUT2D eigenvalue weighted by molar-refractivity contribution is 5.55. The van der Waals surface area contributed by atoms with Crippen LogP contribution < -0.4 is 10.6 Å². The minimum Gasteiger partial charge on any atom is -0.368 e. The maximum atomic E-state index is 6.12. The first-order valence-corrected chi connectivity index (χ1v) is 7.36. The van der Waals surface area contributed by atoms with E-state index >= 15 is 0 Å². The molecule has 2 rings (SSSR count). The van der Waals surface area contributed by atoms with Crippen molar-refractivity contribution >= 4 is 5.69 Å². The molecule has 2 nitrogen and oxygen atoms in total. The number of rotatable bonds is 7. The summed E-state index contributed by atoms with van der Waals surface area (Å²) in [6, 6.07) is 9.87. The summed E-state index contributed by atoms with van der Waals surface area (Å²) in [7, 11) is 0. The van der Waals surface area contributed by atoms with Crippen molar-refractivity contribution in [3.05, 3.63) is 29.8 Å². The van der Waals surface area contributed by atoms with E-state index in [9.17, 15) is 0 Å². The molecule has 0 saturated heterocycles. The third kappa shape index (κ3) is 3.26. The average Bonchev–Trinajstić information content (AvgIpc) is 3.21. The average molecular weight is 246 g/mol. The van der Waals surface area contributed by atoms with Crippen molar-refractivity contribution in [2.24, 2.45) is 5.73 Å². The summed E-state index contributed by atoms with van der Waals surface area (Å²) in [4.78, 5) is 2.59. The van der Waals surface area contributed by atoms with Crippen LogP contribution in [0.2, 0.25) is 0 Å². The van der Waals surface area contributed by atoms with Crippen molar-refractivity contribution in [1.82, 2.24) is 0 Å². The zero-order valence-corrected chi connectivity index (χ0v) is 11.7. The summed E-state index contributed by atoms with van der Waals surface area (Å²) in [5, 5.41) is 0. The topological polar surface area (TPSA) is 29.3 Å². The number of nitrogens with two attached hydrogens (primary N) is 1. The first-order valence-electron chi connectivity index (χ1n) is 7.36. The van der Waals surface area contributed by atoms with Crippen molar-refractivity contribution in [3.63, 3.8) is 0 Å². The number of hydrogen-bond donors (Lipinski definition) is 1. The quantitative estimate of drug-likeness (QED) is 0.799. The van der Waals surface area contributed by atoms with Crippen LogP contribution >= 0.6 is 0 Å². The van der Waals surface area contributed by atoms with Crippen LogP contribution in [-0.4, -0.2) is 18.6 Å². The SMILES string of the molecule is CCCN(c1ccccc1CC(N)CC)C1CC1. The molecule has 0 spiro atoms. The van der Waals surface area contributed by atoms with Crippen molar-refractivity contribution in [2.45, 2.75) is 58.0 Å². The number of para-hydroxylation sites is 1. The highest BCUT2D eigenvalue weighted by Gasteiger charge is 2.29. The van der Waals surface area contributed by atoms with Crippen molar-refractivity contribution in [3.8, 4) is 0 Å². The van der Waals surface area contributed by atoms with Crippen LogP contribution in [0.5, 0.6) is 0 Å². The first kappa shape index (κ1) is 13.4. The molecule has 1 aromatic carbocycles. The van der Waals surface area contributed by atoms with Crippen molar-refractivity contribution < 1.29 is 0 Å². The molecule has 0 heterocycles. The van der Waals surface area contributed by atoms with Gasteiger partial charge in [-0.25, -0.2) is 0 Å².